The lowest BCUT2D eigenvalue weighted by molar-refractivity contribution is -0.690. The molecular weight excluding hydrogens is 274 g/mol. The van der Waals surface area contributed by atoms with E-state index in [2.05, 4.69) is 0 Å². The number of quaternary nitrogens is 1. The second-order valence-electron chi connectivity index (χ2n) is 4.21. The van der Waals surface area contributed by atoms with Crippen molar-refractivity contribution in [2.24, 2.45) is 0 Å². The van der Waals surface area contributed by atoms with Crippen LogP contribution in [0.4, 0.5) is 0 Å². The van der Waals surface area contributed by atoms with Crippen LogP contribution in [0, 0.1) is 0 Å². The second kappa shape index (κ2) is 4.91. The summed E-state index contributed by atoms with van der Waals surface area (Å²) in [5.74, 6) is -0.557. The molecule has 2 atom stereocenters. The van der Waals surface area contributed by atoms with Gasteiger partial charge in [0.05, 0.1) is 10.6 Å². The zero-order chi connectivity index (χ0) is 13.3. The summed E-state index contributed by atoms with van der Waals surface area (Å²) in [6.07, 6.45) is 1.16. The number of carboxylic acids is 1. The molecule has 1 heterocycles. The maximum Gasteiger partial charge on any atom is 0.175 e. The van der Waals surface area contributed by atoms with E-state index < -0.39 is 21.8 Å². The third-order valence-electron chi connectivity index (χ3n) is 2.80. The molecule has 0 bridgehead atoms. The molecule has 0 saturated carbocycles. The molecule has 1 aliphatic rings. The van der Waals surface area contributed by atoms with Crippen molar-refractivity contribution in [2.75, 3.05) is 12.0 Å². The van der Waals surface area contributed by atoms with Crippen molar-refractivity contribution in [3.05, 3.63) is 29.8 Å². The molecule has 1 aromatic rings. The van der Waals surface area contributed by atoms with Gasteiger partial charge in [-0.05, 0) is 12.1 Å². The summed E-state index contributed by atoms with van der Waals surface area (Å²) in [4.78, 5) is 11.0. The molecule has 1 aliphatic heterocycles. The van der Waals surface area contributed by atoms with Crippen molar-refractivity contribution < 1.29 is 23.6 Å². The van der Waals surface area contributed by atoms with Gasteiger partial charge in [0.15, 0.2) is 15.2 Å². The first-order valence-electron chi connectivity index (χ1n) is 5.35. The van der Waals surface area contributed by atoms with Crippen LogP contribution in [0.1, 0.15) is 10.9 Å². The first kappa shape index (κ1) is 13.4. The Morgan fingerprint density at radius 3 is 2.44 bits per heavy atom. The van der Waals surface area contributed by atoms with E-state index >= 15 is 0 Å². The number of carbonyl (C=O) groups excluding carboxylic acids is 1. The lowest BCUT2D eigenvalue weighted by Crippen LogP contribution is -2.90. The number of hydrogen-bond donors (Lipinski definition) is 1. The number of carbonyl (C=O) groups is 1. The number of hydrogen-bond acceptors (Lipinski definition) is 5. The van der Waals surface area contributed by atoms with Gasteiger partial charge in [-0.2, -0.15) is 0 Å². The molecule has 1 saturated heterocycles. The average molecular weight is 287 g/mol. The fourth-order valence-electron chi connectivity index (χ4n) is 1.79. The normalized spacial score (nSPS) is 24.1. The molecule has 98 valence electrons. The average Bonchev–Trinajstić information content (AvgIpc) is 2.77. The third-order valence-corrected chi connectivity index (χ3v) is 5.27. The van der Waals surface area contributed by atoms with Crippen LogP contribution in [0.5, 0.6) is 0 Å². The lowest BCUT2D eigenvalue weighted by atomic mass is 10.2. The van der Waals surface area contributed by atoms with Crippen molar-refractivity contribution in [2.45, 2.75) is 16.3 Å². The van der Waals surface area contributed by atoms with Gasteiger partial charge in [-0.1, -0.05) is 23.9 Å². The zero-order valence-electron chi connectivity index (χ0n) is 9.70. The van der Waals surface area contributed by atoms with Crippen LogP contribution in [0.15, 0.2) is 29.2 Å². The van der Waals surface area contributed by atoms with E-state index in [-0.39, 0.29) is 10.3 Å². The Balaban J connectivity index is 2.14. The molecule has 0 unspecified atom stereocenters. The molecule has 0 aromatic heterocycles. The van der Waals surface area contributed by atoms with Gasteiger partial charge in [0.25, 0.3) is 0 Å². The van der Waals surface area contributed by atoms with E-state index in [1.54, 1.807) is 29.6 Å². The summed E-state index contributed by atoms with van der Waals surface area (Å²) in [5, 5.41) is 12.4. The van der Waals surface area contributed by atoms with Gasteiger partial charge in [-0.15, -0.1) is 0 Å². The highest BCUT2D eigenvalue weighted by molar-refractivity contribution is 7.99. The highest BCUT2D eigenvalue weighted by Gasteiger charge is 2.30. The predicted octanol–water partition coefficient (Wildman–Crippen LogP) is -1.48. The van der Waals surface area contributed by atoms with Crippen LogP contribution in [-0.4, -0.2) is 32.4 Å². The monoisotopic (exact) mass is 287 g/mol. The van der Waals surface area contributed by atoms with E-state index in [1.165, 1.54) is 11.8 Å². The number of sulfone groups is 1. The molecule has 1 fully saturated rings. The minimum Gasteiger partial charge on any atom is -0.544 e. The largest absolute Gasteiger partial charge is 0.544 e. The fourth-order valence-corrected chi connectivity index (χ4v) is 3.73. The van der Waals surface area contributed by atoms with Crippen molar-refractivity contribution in [3.63, 3.8) is 0 Å². The van der Waals surface area contributed by atoms with Gasteiger partial charge in [-0.25, -0.2) is 8.42 Å². The molecule has 0 aliphatic carbocycles. The molecular formula is C11H13NO4S2. The van der Waals surface area contributed by atoms with E-state index in [0.29, 0.717) is 5.75 Å². The Hall–Kier alpha value is -1.05. The van der Waals surface area contributed by atoms with E-state index in [4.69, 9.17) is 0 Å². The Morgan fingerprint density at radius 1 is 1.39 bits per heavy atom. The first-order valence-corrected chi connectivity index (χ1v) is 8.29. The third kappa shape index (κ3) is 2.85. The molecule has 0 spiro atoms. The fraction of sp³-hybridized carbons (Fsp3) is 0.364. The first-order chi connectivity index (χ1) is 8.38. The van der Waals surface area contributed by atoms with Gasteiger partial charge >= 0.3 is 0 Å². The van der Waals surface area contributed by atoms with Crippen LogP contribution in [0.3, 0.4) is 0 Å². The van der Waals surface area contributed by atoms with Crippen LogP contribution in [0.2, 0.25) is 0 Å². The quantitative estimate of drug-likeness (QED) is 0.732. The highest BCUT2D eigenvalue weighted by Crippen LogP contribution is 2.27. The maximum atomic E-state index is 11.3. The number of carboxylic acid groups (broad SMARTS) is 1. The second-order valence-corrected chi connectivity index (χ2v) is 7.40. The summed E-state index contributed by atoms with van der Waals surface area (Å²) in [5.41, 5.74) is 0.913. The van der Waals surface area contributed by atoms with Gasteiger partial charge < -0.3 is 15.2 Å². The van der Waals surface area contributed by atoms with Gasteiger partial charge in [-0.3, -0.25) is 0 Å². The van der Waals surface area contributed by atoms with Crippen LogP contribution in [-0.2, 0) is 14.6 Å². The number of rotatable bonds is 3. The highest BCUT2D eigenvalue weighted by atomic mass is 32.2. The van der Waals surface area contributed by atoms with Gasteiger partial charge in [0.2, 0.25) is 0 Å². The van der Waals surface area contributed by atoms with E-state index in [9.17, 15) is 18.3 Å². The molecule has 18 heavy (non-hydrogen) atoms. The molecule has 2 rings (SSSR count). The van der Waals surface area contributed by atoms with Crippen LogP contribution in [0.25, 0.3) is 0 Å². The summed E-state index contributed by atoms with van der Waals surface area (Å²) in [6.45, 7) is 0. The van der Waals surface area contributed by atoms with Gasteiger partial charge in [0, 0.05) is 11.8 Å². The number of nitrogens with two attached hydrogens (primary N) is 1. The Kier molecular flexibility index (Phi) is 3.65. The zero-order valence-corrected chi connectivity index (χ0v) is 11.3. The van der Waals surface area contributed by atoms with Crippen LogP contribution < -0.4 is 10.4 Å². The van der Waals surface area contributed by atoms with Crippen LogP contribution >= 0.6 is 11.8 Å². The summed E-state index contributed by atoms with van der Waals surface area (Å²) in [7, 11) is -3.19. The number of thioether (sulfide) groups is 1. The number of benzene rings is 1. The Morgan fingerprint density at radius 2 is 2.00 bits per heavy atom. The summed E-state index contributed by atoms with van der Waals surface area (Å²) < 4.78 is 22.6. The minimum atomic E-state index is -3.19. The molecule has 5 nitrogen and oxygen atoms in total. The molecule has 1 aromatic carbocycles. The SMILES string of the molecule is CS(=O)(=O)c1ccc([C@@H]2[NH2+][C@@H](C(=O)[O-])CS2)cc1. The number of aliphatic carboxylic acids is 1. The van der Waals surface area contributed by atoms with E-state index in [1.807, 2.05) is 0 Å². The topological polar surface area (TPSA) is 90.9 Å². The minimum absolute atomic E-state index is 0.0125. The summed E-state index contributed by atoms with van der Waals surface area (Å²) >= 11 is 1.52. The molecule has 0 radical (unpaired) electrons. The smallest absolute Gasteiger partial charge is 0.175 e. The lowest BCUT2D eigenvalue weighted by Gasteiger charge is -2.11. The standard InChI is InChI=1S/C11H13NO4S2/c1-18(15,16)8-4-2-7(3-5-8)10-12-9(6-17-10)11(13)14/h2-5,9-10,12H,6H2,1H3,(H,13,14)/t9-,10-/m1/s1. The maximum absolute atomic E-state index is 11.3. The molecule has 0 amide bonds. The Bertz CT molecular complexity index is 553. The van der Waals surface area contributed by atoms with Crippen molar-refractivity contribution in [3.8, 4) is 0 Å². The summed E-state index contributed by atoms with van der Waals surface area (Å²) in [6, 6.07) is 6.01. The molecule has 7 heteroatoms. The van der Waals surface area contributed by atoms with Gasteiger partial charge in [0.1, 0.15) is 12.0 Å². The predicted molar refractivity (Wildman–Crippen MR) is 65.5 cm³/mol. The van der Waals surface area contributed by atoms with Crippen molar-refractivity contribution >= 4 is 27.6 Å². The Labute approximate surface area is 110 Å². The van der Waals surface area contributed by atoms with E-state index in [0.717, 1.165) is 11.8 Å². The van der Waals surface area contributed by atoms with Crippen molar-refractivity contribution in [1.29, 1.82) is 0 Å². The van der Waals surface area contributed by atoms with Crippen molar-refractivity contribution in [1.82, 2.24) is 0 Å². The molecule has 2 N–H and O–H groups in total.